The average Bonchev–Trinajstić information content (AvgIpc) is 3.64. The van der Waals surface area contributed by atoms with Crippen LogP contribution in [-0.4, -0.2) is 76.4 Å². The van der Waals surface area contributed by atoms with Crippen molar-refractivity contribution in [2.45, 2.75) is 57.0 Å². The number of nitrogens with two attached hydrogens (primary N) is 1. The number of hydrogen-bond donors (Lipinski definition) is 9. The van der Waals surface area contributed by atoms with E-state index in [0.29, 0.717) is 11.1 Å². The van der Waals surface area contributed by atoms with Gasteiger partial charge in [0.1, 0.15) is 30.5 Å². The molecular weight excluding hydrogens is 745 g/mol. The fourth-order valence-electron chi connectivity index (χ4n) is 5.92. The van der Waals surface area contributed by atoms with Crippen molar-refractivity contribution in [2.75, 3.05) is 6.54 Å². The van der Waals surface area contributed by atoms with Crippen molar-refractivity contribution in [1.29, 1.82) is 0 Å². The lowest BCUT2D eigenvalue weighted by molar-refractivity contribution is -0.133. The molecule has 302 valence electrons. The van der Waals surface area contributed by atoms with E-state index in [0.717, 1.165) is 22.0 Å². The van der Waals surface area contributed by atoms with Gasteiger partial charge in [-0.25, -0.2) is 4.79 Å². The molecule has 5 rings (SSSR count). The van der Waals surface area contributed by atoms with Gasteiger partial charge in [0, 0.05) is 29.9 Å². The molecule has 6 amide bonds. The van der Waals surface area contributed by atoms with Gasteiger partial charge in [0.05, 0.1) is 12.6 Å². The zero-order chi connectivity index (χ0) is 41.4. The Bertz CT molecular complexity index is 2180. The molecule has 5 aromatic rings. The van der Waals surface area contributed by atoms with Gasteiger partial charge in [0.2, 0.25) is 17.7 Å². The van der Waals surface area contributed by atoms with Crippen LogP contribution in [0.1, 0.15) is 29.2 Å². The molecule has 16 nitrogen and oxygen atoms in total. The Balaban J connectivity index is 1.18. The molecule has 4 atom stereocenters. The standard InChI is InChI=1S/C42H46N8O8/c1-26(46-39(54)33(43)20-28-16-18-31(51)19-17-28)38(53)45-24-37(52)47-35(21-27-10-4-2-5-11-27)40(55)49-50-41(56)36(22-30-23-44-34-15-9-8-14-32(30)34)48-42(57)58-25-29-12-6-3-7-13-29/h2-19,23,26,33,35-36,44,51H,20-22,24-25,43H2,1H3,(H,45,53)(H,46,54)(H,47,52)(H,48,57)(H,49,55)(H,50,56)/t26-,33+,35+,36-/m1/s1. The van der Waals surface area contributed by atoms with Crippen LogP contribution in [-0.2, 0) is 54.6 Å². The largest absolute Gasteiger partial charge is 0.508 e. The fraction of sp³-hybridized carbons (Fsp3) is 0.238. The van der Waals surface area contributed by atoms with Crippen LogP contribution in [0, 0.1) is 0 Å². The predicted octanol–water partition coefficient (Wildman–Crippen LogP) is 1.78. The molecule has 0 saturated heterocycles. The number of aromatic amines is 1. The van der Waals surface area contributed by atoms with E-state index < -0.39 is 66.3 Å². The van der Waals surface area contributed by atoms with Crippen molar-refractivity contribution in [2.24, 2.45) is 5.73 Å². The van der Waals surface area contributed by atoms with E-state index in [9.17, 15) is 33.9 Å². The van der Waals surface area contributed by atoms with E-state index in [4.69, 9.17) is 10.5 Å². The van der Waals surface area contributed by atoms with Gasteiger partial charge in [-0.15, -0.1) is 0 Å². The molecule has 0 radical (unpaired) electrons. The van der Waals surface area contributed by atoms with Gasteiger partial charge in [-0.3, -0.25) is 34.8 Å². The first kappa shape index (κ1) is 42.0. The van der Waals surface area contributed by atoms with Gasteiger partial charge in [0.15, 0.2) is 0 Å². The molecule has 1 heterocycles. The van der Waals surface area contributed by atoms with E-state index in [1.54, 1.807) is 72.9 Å². The number of carbonyl (C=O) groups excluding carboxylic acids is 6. The number of benzene rings is 4. The number of alkyl carbamates (subject to hydrolysis) is 1. The van der Waals surface area contributed by atoms with E-state index in [1.807, 2.05) is 30.3 Å². The van der Waals surface area contributed by atoms with Crippen molar-refractivity contribution in [1.82, 2.24) is 37.1 Å². The number of ether oxygens (including phenoxy) is 1. The van der Waals surface area contributed by atoms with Crippen molar-refractivity contribution in [3.8, 4) is 5.75 Å². The molecule has 0 aliphatic heterocycles. The minimum Gasteiger partial charge on any atom is -0.508 e. The third kappa shape index (κ3) is 12.7. The second-order valence-corrected chi connectivity index (χ2v) is 13.5. The number of phenols is 1. The second-order valence-electron chi connectivity index (χ2n) is 13.5. The Kier molecular flexibility index (Phi) is 14.9. The summed E-state index contributed by atoms with van der Waals surface area (Å²) < 4.78 is 5.36. The zero-order valence-electron chi connectivity index (χ0n) is 31.7. The lowest BCUT2D eigenvalue weighted by Crippen LogP contribution is -2.58. The molecule has 16 heteroatoms. The van der Waals surface area contributed by atoms with Gasteiger partial charge < -0.3 is 41.8 Å². The number of H-pyrrole nitrogens is 1. The summed E-state index contributed by atoms with van der Waals surface area (Å²) in [6, 6.07) is 27.1. The number of phenolic OH excluding ortho intramolecular Hbond substituents is 1. The maximum absolute atomic E-state index is 13.6. The third-order valence-electron chi connectivity index (χ3n) is 9.07. The summed E-state index contributed by atoms with van der Waals surface area (Å²) in [7, 11) is 0. The molecule has 0 saturated carbocycles. The van der Waals surface area contributed by atoms with Crippen molar-refractivity contribution in [3.63, 3.8) is 0 Å². The molecule has 0 unspecified atom stereocenters. The maximum atomic E-state index is 13.6. The number of aromatic hydroxyl groups is 1. The van der Waals surface area contributed by atoms with E-state index in [1.165, 1.54) is 19.1 Å². The van der Waals surface area contributed by atoms with Crippen LogP contribution in [0.5, 0.6) is 5.75 Å². The van der Waals surface area contributed by atoms with Crippen LogP contribution in [0.15, 0.2) is 115 Å². The van der Waals surface area contributed by atoms with Crippen molar-refractivity contribution < 1.29 is 38.6 Å². The Morgan fingerprint density at radius 2 is 1.24 bits per heavy atom. The monoisotopic (exact) mass is 790 g/mol. The van der Waals surface area contributed by atoms with Gasteiger partial charge in [0.25, 0.3) is 11.8 Å². The highest BCUT2D eigenvalue weighted by Crippen LogP contribution is 2.19. The summed E-state index contributed by atoms with van der Waals surface area (Å²) in [5, 5.41) is 20.4. The number of nitrogens with one attached hydrogen (secondary N) is 7. The van der Waals surface area contributed by atoms with Crippen LogP contribution >= 0.6 is 0 Å². The van der Waals surface area contributed by atoms with Gasteiger partial charge in [-0.1, -0.05) is 91.0 Å². The summed E-state index contributed by atoms with van der Waals surface area (Å²) in [6.45, 7) is 0.859. The summed E-state index contributed by atoms with van der Waals surface area (Å²) in [5.41, 5.74) is 14.5. The molecular formula is C42H46N8O8. The minimum atomic E-state index is -1.21. The normalized spacial score (nSPS) is 12.9. The molecule has 58 heavy (non-hydrogen) atoms. The zero-order valence-corrected chi connectivity index (χ0v) is 31.7. The predicted molar refractivity (Wildman–Crippen MR) is 214 cm³/mol. The topological polar surface area (TPSA) is 246 Å². The SMILES string of the molecule is C[C@@H](NC(=O)[C@@H](N)Cc1ccc(O)cc1)C(=O)NCC(=O)N[C@@H](Cc1ccccc1)C(=O)NNC(=O)[C@@H](Cc1c[nH]c2ccccc12)NC(=O)OCc1ccccc1. The van der Waals surface area contributed by atoms with Crippen LogP contribution < -0.4 is 37.9 Å². The van der Waals surface area contributed by atoms with Gasteiger partial charge in [-0.05, 0) is 53.8 Å². The average molecular weight is 791 g/mol. The Morgan fingerprint density at radius 3 is 1.91 bits per heavy atom. The highest BCUT2D eigenvalue weighted by atomic mass is 16.5. The quantitative estimate of drug-likeness (QED) is 0.0623. The molecule has 0 aliphatic rings. The second kappa shape index (κ2) is 20.6. The first-order valence-electron chi connectivity index (χ1n) is 18.5. The Hall–Kier alpha value is -7.20. The summed E-state index contributed by atoms with van der Waals surface area (Å²) in [4.78, 5) is 81.7. The Labute approximate surface area is 334 Å². The molecule has 10 N–H and O–H groups in total. The third-order valence-corrected chi connectivity index (χ3v) is 9.07. The van der Waals surface area contributed by atoms with E-state index in [2.05, 4.69) is 37.1 Å². The number of hydrogen-bond acceptors (Lipinski definition) is 9. The number of amides is 6. The van der Waals surface area contributed by atoms with Gasteiger partial charge in [-0.2, -0.15) is 0 Å². The van der Waals surface area contributed by atoms with Crippen LogP contribution in [0.2, 0.25) is 0 Å². The Morgan fingerprint density at radius 1 is 0.655 bits per heavy atom. The highest BCUT2D eigenvalue weighted by molar-refractivity contribution is 5.94. The molecule has 4 aromatic carbocycles. The van der Waals surface area contributed by atoms with Crippen molar-refractivity contribution >= 4 is 46.5 Å². The fourth-order valence-corrected chi connectivity index (χ4v) is 5.92. The first-order chi connectivity index (χ1) is 27.9. The van der Waals surface area contributed by atoms with Crippen LogP contribution in [0.3, 0.4) is 0 Å². The lowest BCUT2D eigenvalue weighted by Gasteiger charge is -2.22. The van der Waals surface area contributed by atoms with Crippen molar-refractivity contribution in [3.05, 3.63) is 138 Å². The number of carbonyl (C=O) groups is 6. The highest BCUT2D eigenvalue weighted by Gasteiger charge is 2.27. The number of hydrazine groups is 1. The number of rotatable bonds is 17. The summed E-state index contributed by atoms with van der Waals surface area (Å²) >= 11 is 0. The van der Waals surface area contributed by atoms with E-state index >= 15 is 0 Å². The number of aromatic nitrogens is 1. The lowest BCUT2D eigenvalue weighted by atomic mass is 10.0. The summed E-state index contributed by atoms with van der Waals surface area (Å²) in [5.74, 6) is -3.45. The first-order valence-corrected chi connectivity index (χ1v) is 18.5. The summed E-state index contributed by atoms with van der Waals surface area (Å²) in [6.07, 6.45) is 1.11. The van der Waals surface area contributed by atoms with Crippen LogP contribution in [0.25, 0.3) is 10.9 Å². The molecule has 1 aromatic heterocycles. The maximum Gasteiger partial charge on any atom is 0.408 e. The minimum absolute atomic E-state index is 0.0242. The van der Waals surface area contributed by atoms with Crippen LogP contribution in [0.4, 0.5) is 4.79 Å². The molecule has 0 bridgehead atoms. The number of para-hydroxylation sites is 1. The molecule has 0 aliphatic carbocycles. The smallest absolute Gasteiger partial charge is 0.408 e. The molecule has 0 spiro atoms. The van der Waals surface area contributed by atoms with E-state index in [-0.39, 0.29) is 31.6 Å². The van der Waals surface area contributed by atoms with Gasteiger partial charge >= 0.3 is 6.09 Å². The number of fused-ring (bicyclic) bond motifs is 1. The molecule has 0 fully saturated rings.